The highest BCUT2D eigenvalue weighted by Crippen LogP contribution is 2.10. The summed E-state index contributed by atoms with van der Waals surface area (Å²) in [5, 5.41) is 2.30. The van der Waals surface area contributed by atoms with Crippen LogP contribution in [-0.4, -0.2) is 45.2 Å². The first-order valence-electron chi connectivity index (χ1n) is 5.11. The van der Waals surface area contributed by atoms with Gasteiger partial charge in [-0.3, -0.25) is 19.7 Å². The van der Waals surface area contributed by atoms with E-state index in [1.807, 2.05) is 0 Å². The lowest BCUT2D eigenvalue weighted by molar-refractivity contribution is -0.138. The van der Waals surface area contributed by atoms with Crippen LogP contribution in [-0.2, 0) is 9.59 Å². The Morgan fingerprint density at radius 1 is 1.44 bits per heavy atom. The van der Waals surface area contributed by atoms with Crippen LogP contribution in [0.4, 0.5) is 0 Å². The number of nitrogens with one attached hydrogen (secondary N) is 1. The summed E-state index contributed by atoms with van der Waals surface area (Å²) in [4.78, 5) is 43.4. The van der Waals surface area contributed by atoms with E-state index >= 15 is 0 Å². The first-order chi connectivity index (χ1) is 8.49. The predicted molar refractivity (Wildman–Crippen MR) is 60.7 cm³/mol. The molecule has 3 amide bonds. The van der Waals surface area contributed by atoms with Crippen LogP contribution < -0.4 is 5.32 Å². The Morgan fingerprint density at radius 3 is 2.78 bits per heavy atom. The molecule has 0 aromatic carbocycles. The lowest BCUT2D eigenvalue weighted by Gasteiger charge is -2.31. The summed E-state index contributed by atoms with van der Waals surface area (Å²) in [5.41, 5.74) is 0.0359. The molecule has 1 fully saturated rings. The van der Waals surface area contributed by atoms with Crippen LogP contribution in [0.5, 0.6) is 0 Å². The Bertz CT molecular complexity index is 516. The Hall–Kier alpha value is -2.02. The molecule has 94 valence electrons. The SMILES string of the molecule is CC1C(=O)NC(=O)CN1C(=O)c1cnc(Cl)cn1. The fourth-order valence-electron chi connectivity index (χ4n) is 1.53. The number of nitrogens with zero attached hydrogens (tertiary/aromatic N) is 3. The zero-order valence-corrected chi connectivity index (χ0v) is 10.1. The minimum Gasteiger partial charge on any atom is -0.316 e. The first kappa shape index (κ1) is 12.4. The van der Waals surface area contributed by atoms with Gasteiger partial charge in [-0.25, -0.2) is 9.97 Å². The molecule has 1 atom stereocenters. The van der Waals surface area contributed by atoms with Gasteiger partial charge in [-0.15, -0.1) is 0 Å². The summed E-state index contributed by atoms with van der Waals surface area (Å²) in [6.07, 6.45) is 2.43. The summed E-state index contributed by atoms with van der Waals surface area (Å²) in [7, 11) is 0. The molecule has 2 heterocycles. The van der Waals surface area contributed by atoms with Crippen molar-refractivity contribution in [3.8, 4) is 0 Å². The van der Waals surface area contributed by atoms with Gasteiger partial charge >= 0.3 is 0 Å². The minimum absolute atomic E-state index is 0.0359. The molecule has 0 saturated carbocycles. The van der Waals surface area contributed by atoms with Gasteiger partial charge in [0, 0.05) is 0 Å². The van der Waals surface area contributed by atoms with E-state index in [4.69, 9.17) is 11.6 Å². The molecule has 18 heavy (non-hydrogen) atoms. The van der Waals surface area contributed by atoms with E-state index in [1.54, 1.807) is 0 Å². The largest absolute Gasteiger partial charge is 0.316 e. The third kappa shape index (κ3) is 2.30. The molecule has 8 heteroatoms. The van der Waals surface area contributed by atoms with Gasteiger partial charge in [0.25, 0.3) is 5.91 Å². The van der Waals surface area contributed by atoms with Crippen molar-refractivity contribution in [1.82, 2.24) is 20.2 Å². The third-order valence-electron chi connectivity index (χ3n) is 2.52. The van der Waals surface area contributed by atoms with Crippen molar-refractivity contribution in [3.05, 3.63) is 23.2 Å². The van der Waals surface area contributed by atoms with Gasteiger partial charge in [0.05, 0.1) is 12.4 Å². The van der Waals surface area contributed by atoms with Gasteiger partial charge in [0.15, 0.2) is 0 Å². The van der Waals surface area contributed by atoms with Crippen LogP contribution in [0.2, 0.25) is 5.15 Å². The zero-order valence-electron chi connectivity index (χ0n) is 9.38. The summed E-state index contributed by atoms with van der Waals surface area (Å²) >= 11 is 5.56. The number of hydrogen-bond donors (Lipinski definition) is 1. The normalized spacial score (nSPS) is 19.7. The van der Waals surface area contributed by atoms with Crippen molar-refractivity contribution in [2.45, 2.75) is 13.0 Å². The van der Waals surface area contributed by atoms with E-state index in [-0.39, 0.29) is 17.4 Å². The van der Waals surface area contributed by atoms with Gasteiger partial charge < -0.3 is 4.90 Å². The molecule has 7 nitrogen and oxygen atoms in total. The molecule has 1 saturated heterocycles. The smallest absolute Gasteiger partial charge is 0.275 e. The number of rotatable bonds is 1. The Labute approximate surface area is 107 Å². The summed E-state index contributed by atoms with van der Waals surface area (Å²) in [6, 6.07) is -0.729. The maximum absolute atomic E-state index is 12.1. The van der Waals surface area contributed by atoms with Crippen molar-refractivity contribution in [2.24, 2.45) is 0 Å². The second-order valence-electron chi connectivity index (χ2n) is 3.75. The van der Waals surface area contributed by atoms with Crippen LogP contribution in [0, 0.1) is 0 Å². The van der Waals surface area contributed by atoms with Crippen LogP contribution in [0.25, 0.3) is 0 Å². The van der Waals surface area contributed by atoms with E-state index in [2.05, 4.69) is 15.3 Å². The van der Waals surface area contributed by atoms with Crippen molar-refractivity contribution < 1.29 is 14.4 Å². The van der Waals surface area contributed by atoms with Crippen LogP contribution in [0.3, 0.4) is 0 Å². The molecule has 0 radical (unpaired) electrons. The van der Waals surface area contributed by atoms with E-state index in [1.165, 1.54) is 19.3 Å². The fourth-order valence-corrected chi connectivity index (χ4v) is 1.63. The van der Waals surface area contributed by atoms with E-state index in [0.717, 1.165) is 4.90 Å². The molecule has 0 spiro atoms. The summed E-state index contributed by atoms with van der Waals surface area (Å²) in [5.74, 6) is -1.57. The summed E-state index contributed by atoms with van der Waals surface area (Å²) < 4.78 is 0. The highest BCUT2D eigenvalue weighted by atomic mass is 35.5. The Balaban J connectivity index is 2.24. The number of carbonyl (C=O) groups is 3. The standard InChI is InChI=1S/C10H9ClN4O3/c1-5-9(17)14-8(16)4-15(5)10(18)6-2-13-7(11)3-12-6/h2-3,5H,4H2,1H3,(H,14,16,17). The number of amides is 3. The molecular formula is C10H9ClN4O3. The number of piperazine rings is 1. The highest BCUT2D eigenvalue weighted by Gasteiger charge is 2.34. The van der Waals surface area contributed by atoms with Crippen LogP contribution >= 0.6 is 11.6 Å². The van der Waals surface area contributed by atoms with E-state index in [0.29, 0.717) is 0 Å². The molecule has 1 unspecified atom stereocenters. The highest BCUT2D eigenvalue weighted by molar-refractivity contribution is 6.29. The first-order valence-corrected chi connectivity index (χ1v) is 5.49. The lowest BCUT2D eigenvalue weighted by Crippen LogP contribution is -2.58. The van der Waals surface area contributed by atoms with Gasteiger partial charge in [-0.2, -0.15) is 0 Å². The van der Waals surface area contributed by atoms with Crippen molar-refractivity contribution >= 4 is 29.3 Å². The predicted octanol–water partition coefficient (Wildman–Crippen LogP) is -0.383. The number of carbonyl (C=O) groups excluding carboxylic acids is 3. The second kappa shape index (κ2) is 4.69. The van der Waals surface area contributed by atoms with Gasteiger partial charge in [-0.1, -0.05) is 11.6 Å². The monoisotopic (exact) mass is 268 g/mol. The molecule has 0 aliphatic carbocycles. The number of halogens is 1. The maximum Gasteiger partial charge on any atom is 0.275 e. The van der Waals surface area contributed by atoms with E-state index < -0.39 is 23.8 Å². The van der Waals surface area contributed by atoms with Gasteiger partial charge in [0.2, 0.25) is 11.8 Å². The fraction of sp³-hybridized carbons (Fsp3) is 0.300. The Kier molecular flexibility index (Phi) is 3.24. The summed E-state index contributed by atoms with van der Waals surface area (Å²) in [6.45, 7) is 1.35. The maximum atomic E-state index is 12.1. The minimum atomic E-state index is -0.729. The van der Waals surface area contributed by atoms with Crippen LogP contribution in [0.1, 0.15) is 17.4 Å². The van der Waals surface area contributed by atoms with Crippen molar-refractivity contribution in [2.75, 3.05) is 6.54 Å². The molecule has 1 aliphatic rings. The third-order valence-corrected chi connectivity index (χ3v) is 2.72. The molecule has 0 bridgehead atoms. The molecule has 2 rings (SSSR count). The molecule has 1 aromatic heterocycles. The van der Waals surface area contributed by atoms with Gasteiger partial charge in [0.1, 0.15) is 23.4 Å². The quantitative estimate of drug-likeness (QED) is 0.701. The molecule has 1 N–H and O–H groups in total. The molecule has 1 aromatic rings. The van der Waals surface area contributed by atoms with Crippen LogP contribution in [0.15, 0.2) is 12.4 Å². The Morgan fingerprint density at radius 2 is 2.17 bits per heavy atom. The molecular weight excluding hydrogens is 260 g/mol. The van der Waals surface area contributed by atoms with Gasteiger partial charge in [-0.05, 0) is 6.92 Å². The zero-order chi connectivity index (χ0) is 13.3. The number of imide groups is 1. The second-order valence-corrected chi connectivity index (χ2v) is 4.13. The average molecular weight is 269 g/mol. The van der Waals surface area contributed by atoms with Crippen molar-refractivity contribution in [1.29, 1.82) is 0 Å². The van der Waals surface area contributed by atoms with E-state index in [9.17, 15) is 14.4 Å². The number of aromatic nitrogens is 2. The lowest BCUT2D eigenvalue weighted by atomic mass is 10.2. The topological polar surface area (TPSA) is 92.3 Å². The average Bonchev–Trinajstić information content (AvgIpc) is 2.34. The van der Waals surface area contributed by atoms with Crippen molar-refractivity contribution in [3.63, 3.8) is 0 Å². The number of hydrogen-bond acceptors (Lipinski definition) is 5. The molecule has 1 aliphatic heterocycles.